The summed E-state index contributed by atoms with van der Waals surface area (Å²) in [6.07, 6.45) is 2.69. The summed E-state index contributed by atoms with van der Waals surface area (Å²) in [4.78, 5) is 58.8. The zero-order valence-electron chi connectivity index (χ0n) is 25.9. The lowest BCUT2D eigenvalue weighted by Gasteiger charge is -2.50. The molecular formula is C37H37N3O5. The number of aromatic hydroxyl groups is 1. The Morgan fingerprint density at radius 3 is 2.13 bits per heavy atom. The first kappa shape index (κ1) is 29.0. The predicted octanol–water partition coefficient (Wildman–Crippen LogP) is 5.48. The summed E-state index contributed by atoms with van der Waals surface area (Å²) >= 11 is 0. The van der Waals surface area contributed by atoms with E-state index in [1.54, 1.807) is 24.3 Å². The van der Waals surface area contributed by atoms with Crippen LogP contribution in [-0.4, -0.2) is 44.2 Å². The monoisotopic (exact) mass is 603 g/mol. The number of hydrogen-bond acceptors (Lipinski definition) is 6. The molecule has 6 atom stereocenters. The van der Waals surface area contributed by atoms with Gasteiger partial charge in [-0.1, -0.05) is 71.8 Å². The van der Waals surface area contributed by atoms with Crippen LogP contribution < -0.4 is 5.43 Å². The number of likely N-dealkylation sites (tertiary alicyclic amines) is 1. The minimum atomic E-state index is -1.32. The molecule has 7 rings (SSSR count). The van der Waals surface area contributed by atoms with Gasteiger partial charge in [-0.25, -0.2) is 0 Å². The Hall–Kier alpha value is -4.72. The molecule has 0 radical (unpaired) electrons. The summed E-state index contributed by atoms with van der Waals surface area (Å²) in [5.41, 5.74) is 5.15. The summed E-state index contributed by atoms with van der Waals surface area (Å²) in [6.45, 7) is 7.56. The van der Waals surface area contributed by atoms with Crippen molar-refractivity contribution in [2.24, 2.45) is 23.7 Å². The second-order valence-electron chi connectivity index (χ2n) is 13.9. The van der Waals surface area contributed by atoms with E-state index in [4.69, 9.17) is 0 Å². The molecule has 3 aromatic rings. The molecule has 45 heavy (non-hydrogen) atoms. The van der Waals surface area contributed by atoms with Gasteiger partial charge in [0.15, 0.2) is 0 Å². The Labute approximate surface area is 262 Å². The number of rotatable bonds is 4. The van der Waals surface area contributed by atoms with Gasteiger partial charge in [0.05, 0.1) is 28.9 Å². The highest BCUT2D eigenvalue weighted by molar-refractivity contribution is 6.13. The maximum absolute atomic E-state index is 15.0. The van der Waals surface area contributed by atoms with Crippen molar-refractivity contribution >= 4 is 29.3 Å². The Morgan fingerprint density at radius 1 is 0.822 bits per heavy atom. The molecule has 4 aliphatic rings. The topological polar surface area (TPSA) is 107 Å². The molecule has 3 aromatic carbocycles. The molecule has 2 heterocycles. The minimum Gasteiger partial charge on any atom is -0.508 e. The van der Waals surface area contributed by atoms with Gasteiger partial charge in [-0.05, 0) is 81.8 Å². The molecule has 3 fully saturated rings. The minimum absolute atomic E-state index is 0.0861. The van der Waals surface area contributed by atoms with Crippen molar-refractivity contribution in [1.82, 2.24) is 9.91 Å². The van der Waals surface area contributed by atoms with Gasteiger partial charge >= 0.3 is 0 Å². The first-order valence-corrected chi connectivity index (χ1v) is 15.6. The van der Waals surface area contributed by atoms with Crippen molar-refractivity contribution in [2.75, 3.05) is 5.43 Å². The number of anilines is 1. The highest BCUT2D eigenvalue weighted by Gasteiger charge is 2.70. The van der Waals surface area contributed by atoms with Crippen LogP contribution in [0.15, 0.2) is 90.5 Å². The number of amides is 4. The fourth-order valence-corrected chi connectivity index (χ4v) is 8.45. The molecule has 0 unspecified atom stereocenters. The fourth-order valence-electron chi connectivity index (χ4n) is 8.45. The second-order valence-corrected chi connectivity index (χ2v) is 13.9. The third-order valence-electron chi connectivity index (χ3n) is 10.3. The molecule has 8 nitrogen and oxygen atoms in total. The van der Waals surface area contributed by atoms with E-state index in [1.807, 2.05) is 82.3 Å². The number of phenols is 1. The second kappa shape index (κ2) is 10.2. The van der Waals surface area contributed by atoms with E-state index in [1.165, 1.54) is 4.90 Å². The fraction of sp³-hybridized carbons (Fsp3) is 0.351. The molecule has 8 heteroatoms. The van der Waals surface area contributed by atoms with Gasteiger partial charge in [-0.3, -0.25) is 29.5 Å². The largest absolute Gasteiger partial charge is 0.508 e. The molecule has 0 bridgehead atoms. The molecule has 2 aliphatic heterocycles. The van der Waals surface area contributed by atoms with Crippen molar-refractivity contribution in [2.45, 2.75) is 57.4 Å². The maximum Gasteiger partial charge on any atom is 0.260 e. The Balaban J connectivity index is 1.44. The molecule has 0 aromatic heterocycles. The molecule has 1 saturated carbocycles. The zero-order chi connectivity index (χ0) is 31.8. The van der Waals surface area contributed by atoms with E-state index < -0.39 is 40.5 Å². The van der Waals surface area contributed by atoms with E-state index in [0.29, 0.717) is 17.7 Å². The quantitative estimate of drug-likeness (QED) is 0.302. The van der Waals surface area contributed by atoms with Gasteiger partial charge in [0.1, 0.15) is 5.75 Å². The zero-order valence-corrected chi connectivity index (χ0v) is 25.9. The molecule has 4 amide bonds. The number of carbonyl (C=O) groups excluding carboxylic acids is 4. The van der Waals surface area contributed by atoms with Gasteiger partial charge in [-0.15, -0.1) is 0 Å². The summed E-state index contributed by atoms with van der Waals surface area (Å²) in [5.74, 6) is -3.99. The summed E-state index contributed by atoms with van der Waals surface area (Å²) in [5, 5.41) is 11.4. The van der Waals surface area contributed by atoms with Crippen LogP contribution in [0.5, 0.6) is 5.75 Å². The van der Waals surface area contributed by atoms with Crippen molar-refractivity contribution in [3.63, 3.8) is 0 Å². The van der Waals surface area contributed by atoms with Crippen LogP contribution in [0.3, 0.4) is 0 Å². The number of nitrogens with one attached hydrogen (secondary N) is 1. The molecule has 230 valence electrons. The molecular weight excluding hydrogens is 566 g/mol. The number of benzene rings is 3. The van der Waals surface area contributed by atoms with Crippen LogP contribution >= 0.6 is 0 Å². The van der Waals surface area contributed by atoms with E-state index in [0.717, 1.165) is 21.7 Å². The van der Waals surface area contributed by atoms with E-state index >= 15 is 4.79 Å². The maximum atomic E-state index is 15.0. The molecule has 2 aliphatic carbocycles. The standard InChI is InChI=1S/C37H37N3O5/c1-21-10-14-24(15-11-21)38-40-33(43)29-20-28-26(18-19-27-30(28)34(44)39(32(27)42)36(2,3)4)31(22-12-16-25(41)17-13-22)37(29,35(40)45)23-8-6-5-7-9-23/h5-18,27-31,38,41H,19-20H2,1-4H3/t27-,28+,29-,30-,31-,37+/m0/s1. The molecule has 0 spiro atoms. The average Bonchev–Trinajstić information content (AvgIpc) is 3.40. The third kappa shape index (κ3) is 4.18. The van der Waals surface area contributed by atoms with Crippen LogP contribution in [0.4, 0.5) is 5.69 Å². The number of fused-ring (bicyclic) bond motifs is 4. The number of carbonyl (C=O) groups is 4. The summed E-state index contributed by atoms with van der Waals surface area (Å²) in [7, 11) is 0. The van der Waals surface area contributed by atoms with Gasteiger partial charge < -0.3 is 5.11 Å². The van der Waals surface area contributed by atoms with Gasteiger partial charge in [0, 0.05) is 11.5 Å². The van der Waals surface area contributed by atoms with Gasteiger partial charge in [0.2, 0.25) is 11.8 Å². The van der Waals surface area contributed by atoms with Crippen molar-refractivity contribution in [3.05, 3.63) is 107 Å². The highest BCUT2D eigenvalue weighted by Crippen LogP contribution is 2.64. The lowest BCUT2D eigenvalue weighted by molar-refractivity contribution is -0.146. The van der Waals surface area contributed by atoms with E-state index in [2.05, 4.69) is 11.5 Å². The van der Waals surface area contributed by atoms with Crippen LogP contribution in [0, 0.1) is 30.6 Å². The number of hydrazine groups is 1. The van der Waals surface area contributed by atoms with Crippen molar-refractivity contribution in [3.8, 4) is 5.75 Å². The van der Waals surface area contributed by atoms with Crippen molar-refractivity contribution in [1.29, 1.82) is 0 Å². The van der Waals surface area contributed by atoms with Gasteiger partial charge in [-0.2, -0.15) is 5.01 Å². The lowest BCUT2D eigenvalue weighted by atomic mass is 9.49. The number of phenolic OH excluding ortho intramolecular Hbond substituents is 1. The van der Waals surface area contributed by atoms with Gasteiger partial charge in [0.25, 0.3) is 11.8 Å². The Bertz CT molecular complexity index is 1740. The normalized spacial score (nSPS) is 29.3. The number of imide groups is 2. The highest BCUT2D eigenvalue weighted by atomic mass is 16.3. The number of hydrogen-bond donors (Lipinski definition) is 2. The smallest absolute Gasteiger partial charge is 0.260 e. The Kier molecular flexibility index (Phi) is 6.55. The van der Waals surface area contributed by atoms with Crippen LogP contribution in [0.25, 0.3) is 0 Å². The first-order valence-electron chi connectivity index (χ1n) is 15.6. The van der Waals surface area contributed by atoms with E-state index in [-0.39, 0.29) is 35.8 Å². The molecule has 2 saturated heterocycles. The predicted molar refractivity (Wildman–Crippen MR) is 169 cm³/mol. The Morgan fingerprint density at radius 2 is 1.49 bits per heavy atom. The molecule has 2 N–H and O–H groups in total. The van der Waals surface area contributed by atoms with E-state index in [9.17, 15) is 19.5 Å². The van der Waals surface area contributed by atoms with Crippen LogP contribution in [0.1, 0.15) is 56.2 Å². The lowest BCUT2D eigenvalue weighted by Crippen LogP contribution is -2.53. The average molecular weight is 604 g/mol. The van der Waals surface area contributed by atoms with Crippen molar-refractivity contribution < 1.29 is 24.3 Å². The number of allylic oxidation sites excluding steroid dienone is 2. The first-order chi connectivity index (χ1) is 21.4. The van der Waals surface area contributed by atoms with Crippen LogP contribution in [0.2, 0.25) is 0 Å². The SMILES string of the molecule is Cc1ccc(NN2C(=O)[C@@H]3C[C@@H]4C(=CC[C@@H]5C(=O)N(C(C)(C)C)C(=O)[C@@H]54)[C@H](c4ccc(O)cc4)[C@]3(c3ccccc3)C2=O)cc1. The third-order valence-corrected chi connectivity index (χ3v) is 10.3. The summed E-state index contributed by atoms with van der Waals surface area (Å²) < 4.78 is 0. The van der Waals surface area contributed by atoms with Crippen LogP contribution in [-0.2, 0) is 24.6 Å². The summed E-state index contributed by atoms with van der Waals surface area (Å²) in [6, 6.07) is 23.7. The number of nitrogens with zero attached hydrogens (tertiary/aromatic N) is 2. The number of aryl methyl sites for hydroxylation is 1.